The van der Waals surface area contributed by atoms with Crippen LogP contribution in [-0.4, -0.2) is 12.1 Å². The van der Waals surface area contributed by atoms with Crippen molar-refractivity contribution in [3.8, 4) is 0 Å². The molecule has 1 aliphatic carbocycles. The molecular formula is C10H12BrN3O. The van der Waals surface area contributed by atoms with Gasteiger partial charge in [-0.25, -0.2) is 4.79 Å². The third kappa shape index (κ3) is 2.86. The summed E-state index contributed by atoms with van der Waals surface area (Å²) in [5.41, 5.74) is 7.02. The molecule has 0 radical (unpaired) electrons. The number of hydrogen-bond acceptors (Lipinski definition) is 2. The van der Waals surface area contributed by atoms with Crippen molar-refractivity contribution < 1.29 is 4.79 Å². The average Bonchev–Trinajstić information content (AvgIpc) is 2.95. The van der Waals surface area contributed by atoms with Crippen LogP contribution in [-0.2, 0) is 0 Å². The van der Waals surface area contributed by atoms with Crippen LogP contribution < -0.4 is 16.4 Å². The number of rotatable bonds is 2. The van der Waals surface area contributed by atoms with Crippen molar-refractivity contribution in [2.45, 2.75) is 18.9 Å². The maximum Gasteiger partial charge on any atom is 0.319 e. The van der Waals surface area contributed by atoms with E-state index >= 15 is 0 Å². The predicted octanol–water partition coefficient (Wildman–Crippen LogP) is 2.32. The van der Waals surface area contributed by atoms with Crippen molar-refractivity contribution in [2.24, 2.45) is 0 Å². The molecule has 4 N–H and O–H groups in total. The Hall–Kier alpha value is -1.23. The molecule has 2 rings (SSSR count). The Kier molecular flexibility index (Phi) is 2.81. The molecule has 0 unspecified atom stereocenters. The second kappa shape index (κ2) is 4.10. The predicted molar refractivity (Wildman–Crippen MR) is 63.7 cm³/mol. The number of nitrogens with one attached hydrogen (secondary N) is 2. The Morgan fingerprint density at radius 2 is 2.20 bits per heavy atom. The van der Waals surface area contributed by atoms with Crippen LogP contribution in [0.15, 0.2) is 22.7 Å². The van der Waals surface area contributed by atoms with Crippen LogP contribution in [0.25, 0.3) is 0 Å². The van der Waals surface area contributed by atoms with Gasteiger partial charge in [0.15, 0.2) is 0 Å². The lowest BCUT2D eigenvalue weighted by atomic mass is 10.3. The number of amides is 2. The molecule has 1 aliphatic rings. The molecule has 1 aromatic rings. The Labute approximate surface area is 96.4 Å². The Bertz CT molecular complexity index is 390. The van der Waals surface area contributed by atoms with Gasteiger partial charge in [-0.3, -0.25) is 0 Å². The van der Waals surface area contributed by atoms with Crippen molar-refractivity contribution in [2.75, 3.05) is 11.1 Å². The lowest BCUT2D eigenvalue weighted by Crippen LogP contribution is -2.30. The summed E-state index contributed by atoms with van der Waals surface area (Å²) in [6.07, 6.45) is 2.16. The van der Waals surface area contributed by atoms with Gasteiger partial charge < -0.3 is 16.4 Å². The number of carbonyl (C=O) groups excluding carboxylic acids is 1. The first-order valence-electron chi connectivity index (χ1n) is 4.77. The zero-order chi connectivity index (χ0) is 10.8. The second-order valence-electron chi connectivity index (χ2n) is 3.61. The van der Waals surface area contributed by atoms with E-state index in [1.54, 1.807) is 18.2 Å². The summed E-state index contributed by atoms with van der Waals surface area (Å²) in [6.45, 7) is 0. The van der Waals surface area contributed by atoms with Crippen LogP contribution in [0.1, 0.15) is 12.8 Å². The Morgan fingerprint density at radius 1 is 1.47 bits per heavy atom. The summed E-state index contributed by atoms with van der Waals surface area (Å²) in [5, 5.41) is 5.59. The standard InChI is InChI=1S/C10H12BrN3O/c11-8-5-7(3-4-9(8)12)14-10(15)13-6-1-2-6/h3-6H,1-2,12H2,(H2,13,14,15). The summed E-state index contributed by atoms with van der Waals surface area (Å²) >= 11 is 3.30. The Balaban J connectivity index is 1.97. The molecule has 0 saturated heterocycles. The highest BCUT2D eigenvalue weighted by atomic mass is 79.9. The molecule has 0 aliphatic heterocycles. The summed E-state index contributed by atoms with van der Waals surface area (Å²) < 4.78 is 0.784. The van der Waals surface area contributed by atoms with Crippen LogP contribution in [0, 0.1) is 0 Å². The van der Waals surface area contributed by atoms with E-state index in [2.05, 4.69) is 26.6 Å². The number of nitrogen functional groups attached to an aromatic ring is 1. The highest BCUT2D eigenvalue weighted by Gasteiger charge is 2.23. The lowest BCUT2D eigenvalue weighted by molar-refractivity contribution is 0.251. The van der Waals surface area contributed by atoms with Crippen LogP contribution >= 0.6 is 15.9 Å². The summed E-state index contributed by atoms with van der Waals surface area (Å²) in [7, 11) is 0. The molecule has 1 fully saturated rings. The van der Waals surface area contributed by atoms with Crippen molar-refractivity contribution in [3.05, 3.63) is 22.7 Å². The fourth-order valence-corrected chi connectivity index (χ4v) is 1.56. The number of anilines is 2. The number of carbonyl (C=O) groups is 1. The quantitative estimate of drug-likeness (QED) is 0.722. The lowest BCUT2D eigenvalue weighted by Gasteiger charge is -2.07. The van der Waals surface area contributed by atoms with Crippen LogP contribution in [0.2, 0.25) is 0 Å². The molecular weight excluding hydrogens is 258 g/mol. The monoisotopic (exact) mass is 269 g/mol. The van der Waals surface area contributed by atoms with Gasteiger partial charge in [0.1, 0.15) is 0 Å². The van der Waals surface area contributed by atoms with E-state index in [-0.39, 0.29) is 6.03 Å². The van der Waals surface area contributed by atoms with E-state index < -0.39 is 0 Å². The topological polar surface area (TPSA) is 67.1 Å². The molecule has 1 aromatic carbocycles. The minimum atomic E-state index is -0.158. The van der Waals surface area contributed by atoms with Crippen molar-refractivity contribution in [3.63, 3.8) is 0 Å². The normalized spacial score (nSPS) is 14.7. The first-order valence-corrected chi connectivity index (χ1v) is 5.57. The molecule has 4 nitrogen and oxygen atoms in total. The molecule has 0 bridgehead atoms. The van der Waals surface area contributed by atoms with Gasteiger partial charge in [-0.1, -0.05) is 0 Å². The smallest absolute Gasteiger partial charge is 0.319 e. The molecule has 2 amide bonds. The number of nitrogens with two attached hydrogens (primary N) is 1. The number of hydrogen-bond donors (Lipinski definition) is 3. The van der Waals surface area contributed by atoms with E-state index in [0.717, 1.165) is 23.0 Å². The van der Waals surface area contributed by atoms with Gasteiger partial charge in [-0.2, -0.15) is 0 Å². The van der Waals surface area contributed by atoms with Gasteiger partial charge in [0.2, 0.25) is 0 Å². The van der Waals surface area contributed by atoms with Gasteiger partial charge in [-0.15, -0.1) is 0 Å². The molecule has 0 aromatic heterocycles. The van der Waals surface area contributed by atoms with Crippen molar-refractivity contribution >= 4 is 33.3 Å². The first-order chi connectivity index (χ1) is 7.15. The van der Waals surface area contributed by atoms with Crippen molar-refractivity contribution in [1.29, 1.82) is 0 Å². The molecule has 15 heavy (non-hydrogen) atoms. The second-order valence-corrected chi connectivity index (χ2v) is 4.46. The average molecular weight is 270 g/mol. The molecule has 1 saturated carbocycles. The first kappa shape index (κ1) is 10.3. The SMILES string of the molecule is Nc1ccc(NC(=O)NC2CC2)cc1Br. The van der Waals surface area contributed by atoms with Gasteiger partial charge in [0, 0.05) is 21.9 Å². The van der Waals surface area contributed by atoms with E-state index in [9.17, 15) is 4.79 Å². The maximum atomic E-state index is 11.4. The van der Waals surface area contributed by atoms with Gasteiger partial charge in [0.25, 0.3) is 0 Å². The van der Waals surface area contributed by atoms with E-state index in [4.69, 9.17) is 5.73 Å². The van der Waals surface area contributed by atoms with Crippen LogP contribution in [0.5, 0.6) is 0 Å². The molecule has 0 heterocycles. The van der Waals surface area contributed by atoms with Gasteiger partial charge >= 0.3 is 6.03 Å². The zero-order valence-electron chi connectivity index (χ0n) is 8.09. The summed E-state index contributed by atoms with van der Waals surface area (Å²) in [5.74, 6) is 0. The fraction of sp³-hybridized carbons (Fsp3) is 0.300. The third-order valence-corrected chi connectivity index (χ3v) is 2.86. The number of halogens is 1. The van der Waals surface area contributed by atoms with Crippen molar-refractivity contribution in [1.82, 2.24) is 5.32 Å². The zero-order valence-corrected chi connectivity index (χ0v) is 9.67. The fourth-order valence-electron chi connectivity index (χ4n) is 1.19. The summed E-state index contributed by atoms with van der Waals surface area (Å²) in [6, 6.07) is 5.50. The molecule has 80 valence electrons. The minimum absolute atomic E-state index is 0.158. The van der Waals surface area contributed by atoms with E-state index in [1.165, 1.54) is 0 Å². The third-order valence-electron chi connectivity index (χ3n) is 2.17. The Morgan fingerprint density at radius 3 is 2.80 bits per heavy atom. The summed E-state index contributed by atoms with van der Waals surface area (Å²) in [4.78, 5) is 11.4. The molecule has 0 atom stereocenters. The minimum Gasteiger partial charge on any atom is -0.398 e. The number of benzene rings is 1. The highest BCUT2D eigenvalue weighted by molar-refractivity contribution is 9.10. The maximum absolute atomic E-state index is 11.4. The van der Waals surface area contributed by atoms with Crippen LogP contribution in [0.4, 0.5) is 16.2 Å². The van der Waals surface area contributed by atoms with Gasteiger partial charge in [-0.05, 0) is 47.0 Å². The molecule has 0 spiro atoms. The molecule has 5 heteroatoms. The van der Waals surface area contributed by atoms with Crippen LogP contribution in [0.3, 0.4) is 0 Å². The number of urea groups is 1. The highest BCUT2D eigenvalue weighted by Crippen LogP contribution is 2.23. The largest absolute Gasteiger partial charge is 0.398 e. The van der Waals surface area contributed by atoms with E-state index in [0.29, 0.717) is 11.7 Å². The van der Waals surface area contributed by atoms with E-state index in [1.807, 2.05) is 0 Å². The van der Waals surface area contributed by atoms with Gasteiger partial charge in [0.05, 0.1) is 0 Å².